The fourth-order valence-corrected chi connectivity index (χ4v) is 2.30. The van der Waals surface area contributed by atoms with E-state index in [1.807, 2.05) is 19.9 Å². The molecular formula is C14H20O4. The first kappa shape index (κ1) is 13.2. The standard InChI is InChI=1S/C14H20O4/c1-8-9(2)17-10(3)18-14(8)11-5-12(15)7-13(6-11)16-4/h5-10,14-15H,1-4H3. The molecule has 4 unspecified atom stereocenters. The van der Waals surface area contributed by atoms with E-state index in [1.54, 1.807) is 19.2 Å². The van der Waals surface area contributed by atoms with E-state index < -0.39 is 0 Å². The van der Waals surface area contributed by atoms with Crippen molar-refractivity contribution in [2.24, 2.45) is 5.92 Å². The summed E-state index contributed by atoms with van der Waals surface area (Å²) in [4.78, 5) is 0. The summed E-state index contributed by atoms with van der Waals surface area (Å²) >= 11 is 0. The molecule has 0 bridgehead atoms. The second-order valence-corrected chi connectivity index (χ2v) is 4.79. The minimum Gasteiger partial charge on any atom is -0.508 e. The number of ether oxygens (including phenoxy) is 3. The van der Waals surface area contributed by atoms with Crippen molar-refractivity contribution in [1.82, 2.24) is 0 Å². The summed E-state index contributed by atoms with van der Waals surface area (Å²) in [6.07, 6.45) is -0.216. The lowest BCUT2D eigenvalue weighted by molar-refractivity contribution is -0.256. The average Bonchev–Trinajstić information content (AvgIpc) is 2.32. The molecule has 4 atom stereocenters. The van der Waals surface area contributed by atoms with Gasteiger partial charge < -0.3 is 19.3 Å². The Morgan fingerprint density at radius 1 is 1.11 bits per heavy atom. The highest BCUT2D eigenvalue weighted by atomic mass is 16.7. The summed E-state index contributed by atoms with van der Waals surface area (Å²) in [5, 5.41) is 9.71. The van der Waals surface area contributed by atoms with Crippen LogP contribution in [-0.4, -0.2) is 24.6 Å². The topological polar surface area (TPSA) is 47.9 Å². The lowest BCUT2D eigenvalue weighted by atomic mass is 9.91. The van der Waals surface area contributed by atoms with Crippen molar-refractivity contribution in [2.75, 3.05) is 7.11 Å². The number of phenolic OH excluding ortho intramolecular Hbond substituents is 1. The quantitative estimate of drug-likeness (QED) is 0.879. The number of aromatic hydroxyl groups is 1. The third-order valence-electron chi connectivity index (χ3n) is 3.44. The maximum Gasteiger partial charge on any atom is 0.156 e. The molecule has 0 saturated carbocycles. The highest BCUT2D eigenvalue weighted by molar-refractivity contribution is 5.39. The zero-order valence-corrected chi connectivity index (χ0v) is 11.2. The van der Waals surface area contributed by atoms with Gasteiger partial charge in [-0.1, -0.05) is 6.92 Å². The Hall–Kier alpha value is -1.26. The van der Waals surface area contributed by atoms with Gasteiger partial charge in [0.2, 0.25) is 0 Å². The maximum atomic E-state index is 9.71. The van der Waals surface area contributed by atoms with Crippen molar-refractivity contribution in [3.05, 3.63) is 23.8 Å². The van der Waals surface area contributed by atoms with Gasteiger partial charge in [0.25, 0.3) is 0 Å². The minimum atomic E-state index is -0.241. The molecule has 1 aromatic rings. The van der Waals surface area contributed by atoms with Crippen LogP contribution in [0.15, 0.2) is 18.2 Å². The Bertz CT molecular complexity index is 418. The Morgan fingerprint density at radius 2 is 1.83 bits per heavy atom. The van der Waals surface area contributed by atoms with E-state index in [1.165, 1.54) is 0 Å². The fraction of sp³-hybridized carbons (Fsp3) is 0.571. The minimum absolute atomic E-state index is 0.0928. The molecule has 1 saturated heterocycles. The predicted octanol–water partition coefficient (Wildman–Crippen LogP) is 2.86. The third-order valence-corrected chi connectivity index (χ3v) is 3.44. The average molecular weight is 252 g/mol. The van der Waals surface area contributed by atoms with E-state index in [-0.39, 0.29) is 30.2 Å². The first-order valence-electron chi connectivity index (χ1n) is 6.20. The van der Waals surface area contributed by atoms with Crippen molar-refractivity contribution >= 4 is 0 Å². The summed E-state index contributed by atoms with van der Waals surface area (Å²) in [6, 6.07) is 5.19. The van der Waals surface area contributed by atoms with Gasteiger partial charge in [0.05, 0.1) is 19.3 Å². The first-order chi connectivity index (χ1) is 8.51. The van der Waals surface area contributed by atoms with Gasteiger partial charge in [0, 0.05) is 12.0 Å². The van der Waals surface area contributed by atoms with Crippen LogP contribution in [0.5, 0.6) is 11.5 Å². The first-order valence-corrected chi connectivity index (χ1v) is 6.20. The maximum absolute atomic E-state index is 9.71. The lowest BCUT2D eigenvalue weighted by Crippen LogP contribution is -2.37. The van der Waals surface area contributed by atoms with Crippen LogP contribution in [0, 0.1) is 5.92 Å². The van der Waals surface area contributed by atoms with Crippen molar-refractivity contribution in [3.8, 4) is 11.5 Å². The molecule has 18 heavy (non-hydrogen) atoms. The molecule has 1 aliphatic heterocycles. The summed E-state index contributed by atoms with van der Waals surface area (Å²) in [5.41, 5.74) is 0.918. The molecule has 0 radical (unpaired) electrons. The molecule has 2 rings (SSSR count). The van der Waals surface area contributed by atoms with Gasteiger partial charge in [0.15, 0.2) is 6.29 Å². The molecule has 1 fully saturated rings. The largest absolute Gasteiger partial charge is 0.508 e. The number of hydrogen-bond donors (Lipinski definition) is 1. The summed E-state index contributed by atoms with van der Waals surface area (Å²) in [6.45, 7) is 6.00. The van der Waals surface area contributed by atoms with Gasteiger partial charge in [-0.05, 0) is 31.5 Å². The fourth-order valence-electron chi connectivity index (χ4n) is 2.30. The molecule has 0 aliphatic carbocycles. The van der Waals surface area contributed by atoms with Crippen LogP contribution >= 0.6 is 0 Å². The number of hydrogen-bond acceptors (Lipinski definition) is 4. The van der Waals surface area contributed by atoms with E-state index in [0.29, 0.717) is 5.75 Å². The summed E-state index contributed by atoms with van der Waals surface area (Å²) < 4.78 is 16.6. The van der Waals surface area contributed by atoms with Gasteiger partial charge in [-0.15, -0.1) is 0 Å². The zero-order chi connectivity index (χ0) is 13.3. The Labute approximate surface area is 107 Å². The van der Waals surface area contributed by atoms with Crippen LogP contribution in [0.1, 0.15) is 32.4 Å². The smallest absolute Gasteiger partial charge is 0.156 e. The van der Waals surface area contributed by atoms with Gasteiger partial charge >= 0.3 is 0 Å². The molecule has 1 heterocycles. The molecule has 100 valence electrons. The Kier molecular flexibility index (Phi) is 3.78. The van der Waals surface area contributed by atoms with Crippen molar-refractivity contribution < 1.29 is 19.3 Å². The Balaban J connectivity index is 2.31. The SMILES string of the molecule is COc1cc(O)cc(C2OC(C)OC(C)C2C)c1. The second-order valence-electron chi connectivity index (χ2n) is 4.79. The molecule has 0 aromatic heterocycles. The van der Waals surface area contributed by atoms with Gasteiger partial charge in [0.1, 0.15) is 11.5 Å². The van der Waals surface area contributed by atoms with Crippen LogP contribution in [0.2, 0.25) is 0 Å². The number of phenols is 1. The number of rotatable bonds is 2. The summed E-state index contributed by atoms with van der Waals surface area (Å²) in [7, 11) is 1.58. The van der Waals surface area contributed by atoms with Crippen molar-refractivity contribution in [3.63, 3.8) is 0 Å². The highest BCUT2D eigenvalue weighted by Gasteiger charge is 2.33. The lowest BCUT2D eigenvalue weighted by Gasteiger charge is -2.38. The van der Waals surface area contributed by atoms with E-state index in [0.717, 1.165) is 5.56 Å². The molecule has 1 aliphatic rings. The van der Waals surface area contributed by atoms with Gasteiger partial charge in [-0.25, -0.2) is 0 Å². The zero-order valence-electron chi connectivity index (χ0n) is 11.2. The molecule has 0 amide bonds. The molecule has 1 aromatic carbocycles. The molecule has 4 nitrogen and oxygen atoms in total. The van der Waals surface area contributed by atoms with E-state index in [2.05, 4.69) is 6.92 Å². The van der Waals surface area contributed by atoms with E-state index in [4.69, 9.17) is 14.2 Å². The third kappa shape index (κ3) is 2.60. The van der Waals surface area contributed by atoms with Crippen LogP contribution in [-0.2, 0) is 9.47 Å². The van der Waals surface area contributed by atoms with Crippen LogP contribution < -0.4 is 4.74 Å². The van der Waals surface area contributed by atoms with E-state index in [9.17, 15) is 5.11 Å². The summed E-state index contributed by atoms with van der Waals surface area (Å²) in [5.74, 6) is 1.03. The molecular weight excluding hydrogens is 232 g/mol. The highest BCUT2D eigenvalue weighted by Crippen LogP contribution is 2.38. The van der Waals surface area contributed by atoms with Crippen molar-refractivity contribution in [2.45, 2.75) is 39.3 Å². The molecule has 4 heteroatoms. The normalized spacial score (nSPS) is 32.2. The van der Waals surface area contributed by atoms with Crippen LogP contribution in [0.3, 0.4) is 0 Å². The van der Waals surface area contributed by atoms with Crippen molar-refractivity contribution in [1.29, 1.82) is 0 Å². The van der Waals surface area contributed by atoms with Gasteiger partial charge in [-0.3, -0.25) is 0 Å². The number of benzene rings is 1. The molecule has 0 spiro atoms. The predicted molar refractivity (Wildman–Crippen MR) is 67.7 cm³/mol. The second kappa shape index (κ2) is 5.16. The van der Waals surface area contributed by atoms with E-state index >= 15 is 0 Å². The van der Waals surface area contributed by atoms with Crippen LogP contribution in [0.25, 0.3) is 0 Å². The number of methoxy groups -OCH3 is 1. The van der Waals surface area contributed by atoms with Gasteiger partial charge in [-0.2, -0.15) is 0 Å². The molecule has 1 N–H and O–H groups in total. The van der Waals surface area contributed by atoms with Crippen LogP contribution in [0.4, 0.5) is 0 Å². The monoisotopic (exact) mass is 252 g/mol. The Morgan fingerprint density at radius 3 is 2.50 bits per heavy atom.